The Kier molecular flexibility index (Phi) is 2.93. The number of fused-ring (bicyclic) bond motifs is 1. The maximum atomic E-state index is 10.5. The summed E-state index contributed by atoms with van der Waals surface area (Å²) in [4.78, 5) is 2.43. The van der Waals surface area contributed by atoms with Crippen LogP contribution < -0.4 is 0 Å². The molecule has 4 atom stereocenters. The summed E-state index contributed by atoms with van der Waals surface area (Å²) in [5.74, 6) is 0.823. The first-order valence-corrected chi connectivity index (χ1v) is 6.72. The Morgan fingerprint density at radius 1 is 1.24 bits per heavy atom. The van der Waals surface area contributed by atoms with Crippen LogP contribution in [0.15, 0.2) is 30.3 Å². The second-order valence-electron chi connectivity index (χ2n) is 5.58. The average Bonchev–Trinajstić information content (AvgIpc) is 2.93. The van der Waals surface area contributed by atoms with Crippen molar-refractivity contribution in [2.45, 2.75) is 43.9 Å². The van der Waals surface area contributed by atoms with Gasteiger partial charge in [0.05, 0.1) is 6.10 Å². The summed E-state index contributed by atoms with van der Waals surface area (Å²) in [6.45, 7) is 0. The number of likely N-dealkylation sites (tertiary alicyclic amines) is 1. The van der Waals surface area contributed by atoms with Gasteiger partial charge < -0.3 is 5.11 Å². The topological polar surface area (TPSA) is 23.5 Å². The third kappa shape index (κ3) is 1.90. The van der Waals surface area contributed by atoms with Gasteiger partial charge in [-0.1, -0.05) is 36.8 Å². The normalized spacial score (nSPS) is 34.8. The van der Waals surface area contributed by atoms with Crippen LogP contribution in [0.3, 0.4) is 0 Å². The van der Waals surface area contributed by atoms with Crippen molar-refractivity contribution in [3.63, 3.8) is 0 Å². The van der Waals surface area contributed by atoms with Crippen LogP contribution in [0.2, 0.25) is 0 Å². The zero-order valence-corrected chi connectivity index (χ0v) is 10.4. The molecular weight excluding hydrogens is 210 g/mol. The largest absolute Gasteiger partial charge is 0.387 e. The van der Waals surface area contributed by atoms with Crippen LogP contribution in [-0.4, -0.2) is 29.1 Å². The summed E-state index contributed by atoms with van der Waals surface area (Å²) >= 11 is 0. The van der Waals surface area contributed by atoms with Gasteiger partial charge in [0.25, 0.3) is 0 Å². The summed E-state index contributed by atoms with van der Waals surface area (Å²) in [5, 5.41) is 10.5. The van der Waals surface area contributed by atoms with Gasteiger partial charge in [-0.2, -0.15) is 0 Å². The summed E-state index contributed by atoms with van der Waals surface area (Å²) in [5.41, 5.74) is 1.06. The smallest absolute Gasteiger partial charge is 0.0945 e. The van der Waals surface area contributed by atoms with Gasteiger partial charge in [0.2, 0.25) is 0 Å². The van der Waals surface area contributed by atoms with Crippen LogP contribution >= 0.6 is 0 Å². The Bertz CT molecular complexity index is 378. The molecule has 0 aromatic heterocycles. The summed E-state index contributed by atoms with van der Waals surface area (Å²) in [6.07, 6.45) is 4.88. The van der Waals surface area contributed by atoms with Gasteiger partial charge in [0, 0.05) is 12.1 Å². The first-order valence-electron chi connectivity index (χ1n) is 6.72. The molecule has 17 heavy (non-hydrogen) atoms. The average molecular weight is 231 g/mol. The number of hydrogen-bond acceptors (Lipinski definition) is 2. The molecule has 1 aliphatic heterocycles. The number of hydrogen-bond donors (Lipinski definition) is 1. The number of aliphatic hydroxyl groups is 1. The minimum atomic E-state index is -0.327. The van der Waals surface area contributed by atoms with E-state index in [1.807, 2.05) is 30.3 Å². The minimum absolute atomic E-state index is 0.313. The predicted octanol–water partition coefficient (Wildman–Crippen LogP) is 2.59. The van der Waals surface area contributed by atoms with Crippen molar-refractivity contribution in [3.8, 4) is 0 Å². The van der Waals surface area contributed by atoms with Crippen molar-refractivity contribution in [1.82, 2.24) is 4.90 Å². The Labute approximate surface area is 103 Å². The number of rotatable bonds is 2. The van der Waals surface area contributed by atoms with E-state index < -0.39 is 0 Å². The molecule has 0 spiro atoms. The van der Waals surface area contributed by atoms with Crippen LogP contribution in [0.25, 0.3) is 0 Å². The predicted molar refractivity (Wildman–Crippen MR) is 68.7 cm³/mol. The fraction of sp³-hybridized carbons (Fsp3) is 0.600. The van der Waals surface area contributed by atoms with E-state index in [0.717, 1.165) is 23.9 Å². The van der Waals surface area contributed by atoms with Gasteiger partial charge in [0.1, 0.15) is 0 Å². The van der Waals surface area contributed by atoms with Crippen LogP contribution in [0.4, 0.5) is 0 Å². The molecule has 1 aliphatic carbocycles. The van der Waals surface area contributed by atoms with E-state index in [4.69, 9.17) is 0 Å². The van der Waals surface area contributed by atoms with Gasteiger partial charge in [-0.15, -0.1) is 0 Å². The highest BCUT2D eigenvalue weighted by Crippen LogP contribution is 2.43. The van der Waals surface area contributed by atoms with Gasteiger partial charge in [-0.05, 0) is 37.8 Å². The van der Waals surface area contributed by atoms with Gasteiger partial charge >= 0.3 is 0 Å². The van der Waals surface area contributed by atoms with Crippen LogP contribution in [0.1, 0.15) is 37.4 Å². The highest BCUT2D eigenvalue weighted by Gasteiger charge is 2.44. The molecule has 2 nitrogen and oxygen atoms in total. The van der Waals surface area contributed by atoms with Crippen LogP contribution in [0.5, 0.6) is 0 Å². The fourth-order valence-electron chi connectivity index (χ4n) is 3.77. The van der Waals surface area contributed by atoms with Crippen molar-refractivity contribution in [1.29, 1.82) is 0 Å². The third-order valence-electron chi connectivity index (χ3n) is 4.71. The van der Waals surface area contributed by atoms with E-state index in [-0.39, 0.29) is 6.10 Å². The number of aliphatic hydroxyl groups excluding tert-OH is 1. The lowest BCUT2D eigenvalue weighted by atomic mass is 9.96. The van der Waals surface area contributed by atoms with Crippen LogP contribution in [0, 0.1) is 5.92 Å². The molecule has 2 fully saturated rings. The van der Waals surface area contributed by atoms with Crippen molar-refractivity contribution >= 4 is 0 Å². The third-order valence-corrected chi connectivity index (χ3v) is 4.71. The van der Waals surface area contributed by atoms with E-state index in [1.54, 1.807) is 0 Å². The van der Waals surface area contributed by atoms with Gasteiger partial charge in [-0.3, -0.25) is 4.90 Å². The maximum Gasteiger partial charge on any atom is 0.0945 e. The summed E-state index contributed by atoms with van der Waals surface area (Å²) in [6, 6.07) is 11.1. The van der Waals surface area contributed by atoms with Crippen molar-refractivity contribution in [2.75, 3.05) is 7.05 Å². The SMILES string of the molecule is CN1[C@@H]2CCC[C@@H]2C[C@@H]1[C@H](O)c1ccccc1. The maximum absolute atomic E-state index is 10.5. The lowest BCUT2D eigenvalue weighted by Gasteiger charge is -2.28. The van der Waals surface area contributed by atoms with Gasteiger partial charge in [-0.25, -0.2) is 0 Å². The van der Waals surface area contributed by atoms with E-state index in [9.17, 15) is 5.11 Å². The number of nitrogens with zero attached hydrogens (tertiary/aromatic N) is 1. The summed E-state index contributed by atoms with van der Waals surface area (Å²) < 4.78 is 0. The fourth-order valence-corrected chi connectivity index (χ4v) is 3.77. The van der Waals surface area contributed by atoms with Crippen LogP contribution in [-0.2, 0) is 0 Å². The highest BCUT2D eigenvalue weighted by atomic mass is 16.3. The molecule has 2 heteroatoms. The molecular formula is C15H21NO. The van der Waals surface area contributed by atoms with Crippen molar-refractivity contribution in [2.24, 2.45) is 5.92 Å². The molecule has 2 aliphatic rings. The molecule has 1 aromatic rings. The quantitative estimate of drug-likeness (QED) is 0.845. The molecule has 1 aromatic carbocycles. The molecule has 1 saturated heterocycles. The van der Waals surface area contributed by atoms with Crippen molar-refractivity contribution in [3.05, 3.63) is 35.9 Å². The lowest BCUT2D eigenvalue weighted by Crippen LogP contribution is -2.36. The van der Waals surface area contributed by atoms with Crippen molar-refractivity contribution < 1.29 is 5.11 Å². The Hall–Kier alpha value is -0.860. The Morgan fingerprint density at radius 3 is 2.71 bits per heavy atom. The van der Waals surface area contributed by atoms with E-state index in [1.165, 1.54) is 19.3 Å². The zero-order chi connectivity index (χ0) is 11.8. The second kappa shape index (κ2) is 4.43. The molecule has 92 valence electrons. The molecule has 0 unspecified atom stereocenters. The van der Waals surface area contributed by atoms with Gasteiger partial charge in [0.15, 0.2) is 0 Å². The molecule has 1 heterocycles. The lowest BCUT2D eigenvalue weighted by molar-refractivity contribution is 0.0709. The molecule has 1 N–H and O–H groups in total. The Morgan fingerprint density at radius 2 is 2.00 bits per heavy atom. The highest BCUT2D eigenvalue weighted by molar-refractivity contribution is 5.20. The monoisotopic (exact) mass is 231 g/mol. The molecule has 0 bridgehead atoms. The van der Waals surface area contributed by atoms with E-state index >= 15 is 0 Å². The minimum Gasteiger partial charge on any atom is -0.387 e. The van der Waals surface area contributed by atoms with E-state index in [0.29, 0.717) is 6.04 Å². The molecule has 1 saturated carbocycles. The Balaban J connectivity index is 1.77. The first kappa shape index (κ1) is 11.2. The number of likely N-dealkylation sites (N-methyl/N-ethyl adjacent to an activating group) is 1. The van der Waals surface area contributed by atoms with E-state index in [2.05, 4.69) is 11.9 Å². The standard InChI is InChI=1S/C15H21NO/c1-16-13-9-5-8-12(13)10-14(16)15(17)11-6-3-2-4-7-11/h2-4,6-7,12-15,17H,5,8-10H2,1H3/t12-,13-,14-,15-/m1/s1. The number of benzene rings is 1. The molecule has 0 radical (unpaired) electrons. The molecule has 0 amide bonds. The second-order valence-corrected chi connectivity index (χ2v) is 5.58. The first-order chi connectivity index (χ1) is 8.27. The summed E-state index contributed by atoms with van der Waals surface area (Å²) in [7, 11) is 2.19. The zero-order valence-electron chi connectivity index (χ0n) is 10.4. The molecule has 3 rings (SSSR count).